The quantitative estimate of drug-likeness (QED) is 0.783. The topological polar surface area (TPSA) is 27.0 Å². The van der Waals surface area contributed by atoms with Crippen LogP contribution in [0.5, 0.6) is 0 Å². The predicted octanol–water partition coefficient (Wildman–Crippen LogP) is 4.46. The molecule has 1 fully saturated rings. The molecule has 0 amide bonds. The Balaban J connectivity index is 0.000000861. The van der Waals surface area contributed by atoms with Crippen LogP contribution in [0.15, 0.2) is 24.3 Å². The van der Waals surface area contributed by atoms with Crippen molar-refractivity contribution < 1.29 is 0 Å². The van der Waals surface area contributed by atoms with Crippen molar-refractivity contribution in [2.24, 2.45) is 11.8 Å². The van der Waals surface area contributed by atoms with Crippen molar-refractivity contribution >= 4 is 5.69 Å². The van der Waals surface area contributed by atoms with Gasteiger partial charge in [-0.25, -0.2) is 0 Å². The maximum Gasteiger partial charge on any atom is 0.101 e. The molecule has 1 atom stereocenters. The average Bonchev–Trinajstić information content (AvgIpc) is 2.49. The number of anilines is 1. The smallest absolute Gasteiger partial charge is 0.101 e. The van der Waals surface area contributed by atoms with Gasteiger partial charge in [-0.2, -0.15) is 5.26 Å². The van der Waals surface area contributed by atoms with Gasteiger partial charge in [0, 0.05) is 13.1 Å². The molecule has 104 valence electrons. The molecule has 0 spiro atoms. The third-order valence-electron chi connectivity index (χ3n) is 3.77. The van der Waals surface area contributed by atoms with E-state index in [0.29, 0.717) is 0 Å². The summed E-state index contributed by atoms with van der Waals surface area (Å²) in [5.74, 6) is 1.49. The molecular weight excluding hydrogens is 232 g/mol. The van der Waals surface area contributed by atoms with Crippen LogP contribution in [0.3, 0.4) is 0 Å². The molecule has 2 heteroatoms. The molecule has 1 aromatic carbocycles. The molecule has 0 radical (unpaired) electrons. The molecule has 19 heavy (non-hydrogen) atoms. The highest BCUT2D eigenvalue weighted by molar-refractivity contribution is 5.59. The van der Waals surface area contributed by atoms with Crippen LogP contribution >= 0.6 is 0 Å². The van der Waals surface area contributed by atoms with Crippen molar-refractivity contribution in [3.05, 3.63) is 29.8 Å². The summed E-state index contributed by atoms with van der Waals surface area (Å²) in [4.78, 5) is 2.38. The molecule has 1 unspecified atom stereocenters. The van der Waals surface area contributed by atoms with Gasteiger partial charge in [-0.05, 0) is 36.8 Å². The first kappa shape index (κ1) is 15.6. The van der Waals surface area contributed by atoms with E-state index >= 15 is 0 Å². The molecule has 1 aromatic rings. The van der Waals surface area contributed by atoms with E-state index in [1.54, 1.807) is 0 Å². The summed E-state index contributed by atoms with van der Waals surface area (Å²) in [7, 11) is 0. The summed E-state index contributed by atoms with van der Waals surface area (Å²) in [6.45, 7) is 10.8. The van der Waals surface area contributed by atoms with E-state index in [2.05, 4.69) is 30.9 Å². The van der Waals surface area contributed by atoms with Gasteiger partial charge in [0.05, 0.1) is 11.3 Å². The fourth-order valence-electron chi connectivity index (χ4n) is 2.62. The van der Waals surface area contributed by atoms with Crippen LogP contribution in [-0.4, -0.2) is 13.1 Å². The SMILES string of the molecule is CC.CC(C)C1CCCN(c2ccccc2C#N)C1. The van der Waals surface area contributed by atoms with Crippen molar-refractivity contribution in [2.75, 3.05) is 18.0 Å². The lowest BCUT2D eigenvalue weighted by Gasteiger charge is -2.36. The van der Waals surface area contributed by atoms with Crippen molar-refractivity contribution in [3.63, 3.8) is 0 Å². The summed E-state index contributed by atoms with van der Waals surface area (Å²) >= 11 is 0. The van der Waals surface area contributed by atoms with Gasteiger partial charge in [-0.3, -0.25) is 0 Å². The van der Waals surface area contributed by atoms with Gasteiger partial charge in [0.15, 0.2) is 0 Å². The summed E-state index contributed by atoms with van der Waals surface area (Å²) in [5, 5.41) is 9.15. The highest BCUT2D eigenvalue weighted by Crippen LogP contribution is 2.29. The summed E-state index contributed by atoms with van der Waals surface area (Å²) in [6.07, 6.45) is 2.56. The van der Waals surface area contributed by atoms with Gasteiger partial charge in [-0.15, -0.1) is 0 Å². The van der Waals surface area contributed by atoms with Crippen LogP contribution in [0.2, 0.25) is 0 Å². The molecule has 1 aliphatic heterocycles. The fourth-order valence-corrected chi connectivity index (χ4v) is 2.62. The van der Waals surface area contributed by atoms with Crippen molar-refractivity contribution in [2.45, 2.75) is 40.5 Å². The summed E-state index contributed by atoms with van der Waals surface area (Å²) < 4.78 is 0. The first-order valence-electron chi connectivity index (χ1n) is 7.46. The largest absolute Gasteiger partial charge is 0.370 e. The minimum Gasteiger partial charge on any atom is -0.370 e. The summed E-state index contributed by atoms with van der Waals surface area (Å²) in [5.41, 5.74) is 1.91. The standard InChI is InChI=1S/C15H20N2.C2H6/c1-12(2)14-7-5-9-17(11-14)15-8-4-3-6-13(15)10-16;1-2/h3-4,6,8,12,14H,5,7,9,11H2,1-2H3;1-2H3. The molecule has 0 N–H and O–H groups in total. The highest BCUT2D eigenvalue weighted by atomic mass is 15.1. The van der Waals surface area contributed by atoms with E-state index in [1.165, 1.54) is 12.8 Å². The molecule has 2 rings (SSSR count). The number of nitrogens with zero attached hydrogens (tertiary/aromatic N) is 2. The van der Waals surface area contributed by atoms with E-state index in [4.69, 9.17) is 5.26 Å². The second kappa shape index (κ2) is 7.84. The van der Waals surface area contributed by atoms with E-state index in [1.807, 2.05) is 32.0 Å². The monoisotopic (exact) mass is 258 g/mol. The van der Waals surface area contributed by atoms with Crippen LogP contribution in [0.25, 0.3) is 0 Å². The molecule has 0 bridgehead atoms. The summed E-state index contributed by atoms with van der Waals surface area (Å²) in [6, 6.07) is 10.2. The molecule has 0 aromatic heterocycles. The van der Waals surface area contributed by atoms with Crippen molar-refractivity contribution in [1.29, 1.82) is 5.26 Å². The highest BCUT2D eigenvalue weighted by Gasteiger charge is 2.23. The lowest BCUT2D eigenvalue weighted by Crippen LogP contribution is -2.37. The minimum atomic E-state index is 0.729. The Kier molecular flexibility index (Phi) is 6.42. The molecule has 2 nitrogen and oxygen atoms in total. The van der Waals surface area contributed by atoms with Gasteiger partial charge in [0.2, 0.25) is 0 Å². The zero-order valence-corrected chi connectivity index (χ0v) is 12.7. The number of rotatable bonds is 2. The molecule has 1 saturated heterocycles. The van der Waals surface area contributed by atoms with E-state index < -0.39 is 0 Å². The zero-order chi connectivity index (χ0) is 14.3. The third-order valence-corrected chi connectivity index (χ3v) is 3.77. The first-order chi connectivity index (χ1) is 9.22. The maximum atomic E-state index is 9.15. The van der Waals surface area contributed by atoms with Crippen LogP contribution < -0.4 is 4.90 Å². The Morgan fingerprint density at radius 3 is 2.58 bits per heavy atom. The molecule has 0 saturated carbocycles. The Labute approximate surface area is 118 Å². The van der Waals surface area contributed by atoms with Gasteiger partial charge in [-0.1, -0.05) is 39.8 Å². The number of nitriles is 1. The van der Waals surface area contributed by atoms with E-state index in [0.717, 1.165) is 36.2 Å². The van der Waals surface area contributed by atoms with E-state index in [9.17, 15) is 0 Å². The average molecular weight is 258 g/mol. The fraction of sp³-hybridized carbons (Fsp3) is 0.588. The van der Waals surface area contributed by atoms with Crippen LogP contribution in [0.4, 0.5) is 5.69 Å². The van der Waals surface area contributed by atoms with Crippen LogP contribution in [-0.2, 0) is 0 Å². The number of piperidine rings is 1. The van der Waals surface area contributed by atoms with Crippen LogP contribution in [0, 0.1) is 23.2 Å². The Bertz CT molecular complexity index is 418. The lowest BCUT2D eigenvalue weighted by molar-refractivity contribution is 0.322. The van der Waals surface area contributed by atoms with Crippen LogP contribution in [0.1, 0.15) is 46.1 Å². The van der Waals surface area contributed by atoms with Crippen molar-refractivity contribution in [3.8, 4) is 6.07 Å². The Hall–Kier alpha value is -1.49. The molecular formula is C17H26N2. The Morgan fingerprint density at radius 1 is 1.26 bits per heavy atom. The van der Waals surface area contributed by atoms with Gasteiger partial charge >= 0.3 is 0 Å². The molecule has 1 heterocycles. The number of benzene rings is 1. The number of hydrogen-bond acceptors (Lipinski definition) is 2. The second-order valence-corrected chi connectivity index (χ2v) is 5.22. The van der Waals surface area contributed by atoms with E-state index in [-0.39, 0.29) is 0 Å². The van der Waals surface area contributed by atoms with Gasteiger partial charge in [0.25, 0.3) is 0 Å². The Morgan fingerprint density at radius 2 is 1.95 bits per heavy atom. The first-order valence-corrected chi connectivity index (χ1v) is 7.46. The number of hydrogen-bond donors (Lipinski definition) is 0. The predicted molar refractivity (Wildman–Crippen MR) is 82.3 cm³/mol. The third kappa shape index (κ3) is 3.99. The normalized spacial score (nSPS) is 18.5. The van der Waals surface area contributed by atoms with Gasteiger partial charge in [0.1, 0.15) is 6.07 Å². The number of para-hydroxylation sites is 1. The maximum absolute atomic E-state index is 9.15. The molecule has 0 aliphatic carbocycles. The zero-order valence-electron chi connectivity index (χ0n) is 12.7. The second-order valence-electron chi connectivity index (χ2n) is 5.22. The van der Waals surface area contributed by atoms with Gasteiger partial charge < -0.3 is 4.90 Å². The minimum absolute atomic E-state index is 0.729. The molecule has 1 aliphatic rings. The van der Waals surface area contributed by atoms with Crippen molar-refractivity contribution in [1.82, 2.24) is 0 Å². The lowest BCUT2D eigenvalue weighted by atomic mass is 9.87.